The number of aromatic nitrogens is 2. The van der Waals surface area contributed by atoms with Gasteiger partial charge in [-0.3, -0.25) is 9.48 Å². The summed E-state index contributed by atoms with van der Waals surface area (Å²) in [7, 11) is 1.87. The van der Waals surface area contributed by atoms with Gasteiger partial charge in [-0.2, -0.15) is 5.10 Å². The van der Waals surface area contributed by atoms with Crippen molar-refractivity contribution in [3.63, 3.8) is 0 Å². The number of amides is 1. The zero-order chi connectivity index (χ0) is 13.1. The lowest BCUT2D eigenvalue weighted by atomic mass is 10.2. The smallest absolute Gasteiger partial charge is 0.274 e. The second-order valence-corrected chi connectivity index (χ2v) is 5.71. The summed E-state index contributed by atoms with van der Waals surface area (Å²) in [6.07, 6.45) is 4.73. The predicted molar refractivity (Wildman–Crippen MR) is 75.0 cm³/mol. The minimum Gasteiger partial charge on any atom is -0.333 e. The van der Waals surface area contributed by atoms with Crippen molar-refractivity contribution in [2.45, 2.75) is 38.6 Å². The Hall–Kier alpha value is -0.840. The molecule has 1 amide bonds. The summed E-state index contributed by atoms with van der Waals surface area (Å²) < 4.78 is 1.76. The summed E-state index contributed by atoms with van der Waals surface area (Å²) in [5.74, 6) is 0.0741. The molecule has 4 nitrogen and oxygen atoms in total. The molecule has 100 valence electrons. The summed E-state index contributed by atoms with van der Waals surface area (Å²) in [6.45, 7) is 2.73. The minimum absolute atomic E-state index is 0.0741. The number of halogens is 1. The lowest BCUT2D eigenvalue weighted by Crippen LogP contribution is -2.40. The van der Waals surface area contributed by atoms with Crippen LogP contribution in [0.2, 0.25) is 0 Å². The summed E-state index contributed by atoms with van der Waals surface area (Å²) in [4.78, 5) is 14.5. The molecule has 0 atom stereocenters. The highest BCUT2D eigenvalue weighted by Gasteiger charge is 2.28. The van der Waals surface area contributed by atoms with E-state index >= 15 is 0 Å². The van der Waals surface area contributed by atoms with E-state index in [1.54, 1.807) is 4.68 Å². The molecule has 18 heavy (non-hydrogen) atoms. The Morgan fingerprint density at radius 3 is 2.72 bits per heavy atom. The highest BCUT2D eigenvalue weighted by molar-refractivity contribution is 9.09. The van der Waals surface area contributed by atoms with Crippen molar-refractivity contribution >= 4 is 21.8 Å². The van der Waals surface area contributed by atoms with E-state index in [4.69, 9.17) is 0 Å². The number of carbonyl (C=O) groups is 1. The number of hydrogen-bond donors (Lipinski definition) is 0. The van der Waals surface area contributed by atoms with Gasteiger partial charge >= 0.3 is 0 Å². The maximum Gasteiger partial charge on any atom is 0.274 e. The van der Waals surface area contributed by atoms with Crippen LogP contribution in [-0.4, -0.2) is 38.5 Å². The fourth-order valence-electron chi connectivity index (χ4n) is 2.57. The van der Waals surface area contributed by atoms with Crippen molar-refractivity contribution in [2.24, 2.45) is 7.05 Å². The molecule has 1 saturated carbocycles. The van der Waals surface area contributed by atoms with Crippen LogP contribution < -0.4 is 0 Å². The molecule has 1 aliphatic carbocycles. The Morgan fingerprint density at radius 1 is 1.56 bits per heavy atom. The van der Waals surface area contributed by atoms with E-state index in [-0.39, 0.29) is 5.91 Å². The van der Waals surface area contributed by atoms with Crippen molar-refractivity contribution in [3.05, 3.63) is 17.5 Å². The first-order valence-corrected chi connectivity index (χ1v) is 7.63. The zero-order valence-corrected chi connectivity index (χ0v) is 12.6. The number of aryl methyl sites for hydroxylation is 2. The second-order valence-electron chi connectivity index (χ2n) is 4.92. The fraction of sp³-hybridized carbons (Fsp3) is 0.692. The highest BCUT2D eigenvalue weighted by Crippen LogP contribution is 2.24. The van der Waals surface area contributed by atoms with Crippen molar-refractivity contribution in [1.82, 2.24) is 14.7 Å². The van der Waals surface area contributed by atoms with Crippen molar-refractivity contribution in [2.75, 3.05) is 11.9 Å². The number of alkyl halides is 1. The van der Waals surface area contributed by atoms with E-state index in [0.29, 0.717) is 11.7 Å². The lowest BCUT2D eigenvalue weighted by molar-refractivity contribution is 0.0689. The van der Waals surface area contributed by atoms with Gasteiger partial charge in [0, 0.05) is 30.7 Å². The van der Waals surface area contributed by atoms with Gasteiger partial charge in [0.1, 0.15) is 0 Å². The van der Waals surface area contributed by atoms with Gasteiger partial charge in [-0.15, -0.1) is 0 Å². The molecule has 5 heteroatoms. The molecular formula is C13H20BrN3O. The molecule has 1 aromatic rings. The first-order valence-electron chi connectivity index (χ1n) is 6.51. The minimum atomic E-state index is 0.0741. The topological polar surface area (TPSA) is 38.1 Å². The van der Waals surface area contributed by atoms with Gasteiger partial charge < -0.3 is 4.90 Å². The van der Waals surface area contributed by atoms with Gasteiger partial charge in [-0.25, -0.2) is 0 Å². The molecule has 0 N–H and O–H groups in total. The summed E-state index contributed by atoms with van der Waals surface area (Å²) in [5.41, 5.74) is 1.59. The molecule has 0 unspecified atom stereocenters. The largest absolute Gasteiger partial charge is 0.333 e. The quantitative estimate of drug-likeness (QED) is 0.801. The van der Waals surface area contributed by atoms with Gasteiger partial charge in [0.25, 0.3) is 5.91 Å². The molecule has 1 aromatic heterocycles. The lowest BCUT2D eigenvalue weighted by Gasteiger charge is -2.27. The Balaban J connectivity index is 2.16. The number of nitrogens with zero attached hydrogens (tertiary/aromatic N) is 3. The molecule has 2 rings (SSSR count). The molecular weight excluding hydrogens is 294 g/mol. The maximum atomic E-state index is 12.5. The molecule has 0 aromatic carbocycles. The van der Waals surface area contributed by atoms with E-state index in [9.17, 15) is 4.79 Å². The normalized spacial score (nSPS) is 16.2. The van der Waals surface area contributed by atoms with E-state index in [1.165, 1.54) is 12.8 Å². The Bertz CT molecular complexity index is 404. The van der Waals surface area contributed by atoms with E-state index in [0.717, 1.165) is 30.4 Å². The standard InChI is InChI=1S/C13H20BrN3O/c1-10-9-12(15-16(10)2)13(18)17(8-7-14)11-5-3-4-6-11/h9,11H,3-8H2,1-2H3. The monoisotopic (exact) mass is 313 g/mol. The summed E-state index contributed by atoms with van der Waals surface area (Å²) >= 11 is 3.44. The van der Waals surface area contributed by atoms with Crippen molar-refractivity contribution < 1.29 is 4.79 Å². The summed E-state index contributed by atoms with van der Waals surface area (Å²) in [6, 6.07) is 2.27. The van der Waals surface area contributed by atoms with Crippen LogP contribution >= 0.6 is 15.9 Å². The number of carbonyl (C=O) groups excluding carboxylic acids is 1. The van der Waals surface area contributed by atoms with Crippen LogP contribution in [0.1, 0.15) is 41.9 Å². The van der Waals surface area contributed by atoms with Gasteiger partial charge in [0.15, 0.2) is 5.69 Å². The molecule has 0 aliphatic heterocycles. The van der Waals surface area contributed by atoms with E-state index in [2.05, 4.69) is 21.0 Å². The molecule has 0 bridgehead atoms. The fourth-order valence-corrected chi connectivity index (χ4v) is 2.95. The average Bonchev–Trinajstić information content (AvgIpc) is 2.97. The first kappa shape index (κ1) is 13.6. The van der Waals surface area contributed by atoms with E-state index in [1.807, 2.05) is 24.9 Å². The number of hydrogen-bond acceptors (Lipinski definition) is 2. The molecule has 1 aliphatic rings. The molecule has 0 saturated heterocycles. The molecule has 0 radical (unpaired) electrons. The van der Waals surface area contributed by atoms with Gasteiger partial charge in [-0.05, 0) is 25.8 Å². The van der Waals surface area contributed by atoms with Gasteiger partial charge in [-0.1, -0.05) is 28.8 Å². The molecule has 0 spiro atoms. The van der Waals surface area contributed by atoms with Crippen LogP contribution in [0, 0.1) is 6.92 Å². The SMILES string of the molecule is Cc1cc(C(=O)N(CCBr)C2CCCC2)nn1C. The van der Waals surface area contributed by atoms with Crippen LogP contribution in [0.3, 0.4) is 0 Å². The maximum absolute atomic E-state index is 12.5. The molecule has 1 heterocycles. The Kier molecular flexibility index (Phi) is 4.43. The van der Waals surface area contributed by atoms with Gasteiger partial charge in [0.05, 0.1) is 0 Å². The highest BCUT2D eigenvalue weighted by atomic mass is 79.9. The van der Waals surface area contributed by atoms with E-state index < -0.39 is 0 Å². The Labute approximate surface area is 116 Å². The van der Waals surface area contributed by atoms with Crippen LogP contribution in [0.5, 0.6) is 0 Å². The van der Waals surface area contributed by atoms with Crippen molar-refractivity contribution in [3.8, 4) is 0 Å². The van der Waals surface area contributed by atoms with Crippen LogP contribution in [-0.2, 0) is 7.05 Å². The first-order chi connectivity index (χ1) is 8.63. The Morgan fingerprint density at radius 2 is 2.22 bits per heavy atom. The van der Waals surface area contributed by atoms with Crippen LogP contribution in [0.4, 0.5) is 0 Å². The predicted octanol–water partition coefficient (Wildman–Crippen LogP) is 2.51. The van der Waals surface area contributed by atoms with Crippen LogP contribution in [0.15, 0.2) is 6.07 Å². The van der Waals surface area contributed by atoms with Gasteiger partial charge in [0.2, 0.25) is 0 Å². The third-order valence-corrected chi connectivity index (χ3v) is 4.04. The second kappa shape index (κ2) is 5.87. The van der Waals surface area contributed by atoms with Crippen molar-refractivity contribution in [1.29, 1.82) is 0 Å². The zero-order valence-electron chi connectivity index (χ0n) is 11.0. The summed E-state index contributed by atoms with van der Waals surface area (Å²) in [5, 5.41) is 5.12. The third kappa shape index (κ3) is 2.76. The average molecular weight is 314 g/mol. The molecule has 1 fully saturated rings. The van der Waals surface area contributed by atoms with Crippen LogP contribution in [0.25, 0.3) is 0 Å². The number of rotatable bonds is 4. The third-order valence-electron chi connectivity index (χ3n) is 3.68.